The number of para-hydroxylation sites is 1. The molecule has 5 nitrogen and oxygen atoms in total. The number of hydrogen-bond donors (Lipinski definition) is 0. The number of hydrogen-bond acceptors (Lipinski definition) is 5. The Kier molecular flexibility index (Phi) is 4.36. The van der Waals surface area contributed by atoms with Gasteiger partial charge in [0.15, 0.2) is 6.61 Å². The fourth-order valence-corrected chi connectivity index (χ4v) is 4.55. The van der Waals surface area contributed by atoms with Gasteiger partial charge in [-0.25, -0.2) is 9.97 Å². The maximum absolute atomic E-state index is 12.6. The normalized spacial score (nSPS) is 13.0. The van der Waals surface area contributed by atoms with Crippen molar-refractivity contribution in [2.75, 3.05) is 18.1 Å². The fourth-order valence-electron chi connectivity index (χ4n) is 3.33. The number of anilines is 1. The van der Waals surface area contributed by atoms with Crippen LogP contribution in [0.4, 0.5) is 5.69 Å². The van der Waals surface area contributed by atoms with Gasteiger partial charge in [-0.3, -0.25) is 4.79 Å². The number of carbonyl (C=O) groups excluding carboxylic acids is 1. The first-order valence-electron chi connectivity index (χ1n) is 8.51. The zero-order chi connectivity index (χ0) is 17.2. The Morgan fingerprint density at radius 2 is 2.08 bits per heavy atom. The highest BCUT2D eigenvalue weighted by molar-refractivity contribution is 7.18. The van der Waals surface area contributed by atoms with E-state index in [1.165, 1.54) is 23.2 Å². The Hall–Kier alpha value is -2.47. The average Bonchev–Trinajstić information content (AvgIpc) is 3.22. The number of likely N-dealkylation sites (N-methyl/N-ethyl adjacent to an activating group) is 1. The first kappa shape index (κ1) is 16.0. The van der Waals surface area contributed by atoms with Crippen LogP contribution in [0.1, 0.15) is 23.8 Å². The molecule has 6 heteroatoms. The van der Waals surface area contributed by atoms with E-state index < -0.39 is 0 Å². The lowest BCUT2D eigenvalue weighted by Crippen LogP contribution is -2.34. The molecule has 0 saturated carbocycles. The lowest BCUT2D eigenvalue weighted by molar-refractivity contribution is -0.120. The molecule has 3 aromatic rings. The van der Waals surface area contributed by atoms with Crippen LogP contribution in [0.15, 0.2) is 36.7 Å². The molecule has 0 bridgehead atoms. The van der Waals surface area contributed by atoms with Crippen LogP contribution >= 0.6 is 11.3 Å². The van der Waals surface area contributed by atoms with Crippen molar-refractivity contribution in [2.45, 2.75) is 26.2 Å². The Balaban J connectivity index is 1.55. The summed E-state index contributed by atoms with van der Waals surface area (Å²) < 4.78 is 5.83. The van der Waals surface area contributed by atoms with Crippen LogP contribution in [0.3, 0.4) is 0 Å². The number of nitrogens with zero attached hydrogens (tertiary/aromatic N) is 3. The molecule has 1 aromatic carbocycles. The second kappa shape index (κ2) is 6.80. The lowest BCUT2D eigenvalue weighted by atomic mass is 10.2. The van der Waals surface area contributed by atoms with Crippen molar-refractivity contribution in [1.82, 2.24) is 9.97 Å². The summed E-state index contributed by atoms with van der Waals surface area (Å²) in [7, 11) is 0. The highest BCUT2D eigenvalue weighted by Gasteiger charge is 2.23. The van der Waals surface area contributed by atoms with E-state index in [0.717, 1.165) is 28.7 Å². The van der Waals surface area contributed by atoms with Gasteiger partial charge in [0.05, 0.1) is 5.39 Å². The third-order valence-electron chi connectivity index (χ3n) is 4.48. The molecule has 4 rings (SSSR count). The van der Waals surface area contributed by atoms with Crippen LogP contribution in [-0.4, -0.2) is 29.0 Å². The maximum atomic E-state index is 12.6. The van der Waals surface area contributed by atoms with Crippen molar-refractivity contribution in [1.29, 1.82) is 0 Å². The van der Waals surface area contributed by atoms with Crippen molar-refractivity contribution in [2.24, 2.45) is 0 Å². The van der Waals surface area contributed by atoms with Gasteiger partial charge >= 0.3 is 0 Å². The summed E-state index contributed by atoms with van der Waals surface area (Å²) in [5.74, 6) is 0.453. The molecule has 25 heavy (non-hydrogen) atoms. The van der Waals surface area contributed by atoms with Crippen LogP contribution < -0.4 is 9.64 Å². The highest BCUT2D eigenvalue weighted by Crippen LogP contribution is 2.39. The van der Waals surface area contributed by atoms with E-state index in [1.807, 2.05) is 37.3 Å². The molecule has 0 radical (unpaired) electrons. The number of ether oxygens (including phenoxy) is 1. The maximum Gasteiger partial charge on any atom is 0.264 e. The van der Waals surface area contributed by atoms with E-state index in [0.29, 0.717) is 12.4 Å². The number of aryl methyl sites for hydroxylation is 2. The molecule has 0 aliphatic heterocycles. The molecule has 2 heterocycles. The Bertz CT molecular complexity index is 908. The van der Waals surface area contributed by atoms with Gasteiger partial charge in [0.1, 0.15) is 11.2 Å². The third kappa shape index (κ3) is 2.98. The van der Waals surface area contributed by atoms with E-state index >= 15 is 0 Å². The second-order valence-corrected chi connectivity index (χ2v) is 7.06. The Labute approximate surface area is 150 Å². The molecule has 1 aliphatic carbocycles. The van der Waals surface area contributed by atoms with Gasteiger partial charge in [-0.2, -0.15) is 0 Å². The van der Waals surface area contributed by atoms with Crippen LogP contribution in [0.2, 0.25) is 0 Å². The van der Waals surface area contributed by atoms with Crippen LogP contribution in [0.5, 0.6) is 5.88 Å². The molecule has 128 valence electrons. The highest BCUT2D eigenvalue weighted by atomic mass is 32.1. The SMILES string of the molecule is CCN(C(=O)COc1ncnc2sc3c(c12)CCC3)c1ccccc1. The minimum Gasteiger partial charge on any atom is -0.467 e. The summed E-state index contributed by atoms with van der Waals surface area (Å²) in [5, 5.41) is 0.996. The summed E-state index contributed by atoms with van der Waals surface area (Å²) >= 11 is 1.72. The van der Waals surface area contributed by atoms with Gasteiger partial charge in [-0.1, -0.05) is 18.2 Å². The molecule has 1 aliphatic rings. The predicted octanol–water partition coefficient (Wildman–Crippen LogP) is 3.61. The number of fused-ring (bicyclic) bond motifs is 3. The van der Waals surface area contributed by atoms with E-state index in [2.05, 4.69) is 9.97 Å². The summed E-state index contributed by atoms with van der Waals surface area (Å²) in [6.07, 6.45) is 4.83. The molecule has 0 fully saturated rings. The number of amides is 1. The first-order valence-corrected chi connectivity index (χ1v) is 9.33. The number of benzene rings is 1. The lowest BCUT2D eigenvalue weighted by Gasteiger charge is -2.21. The van der Waals surface area contributed by atoms with Crippen molar-refractivity contribution in [3.05, 3.63) is 47.1 Å². The Morgan fingerprint density at radius 1 is 1.24 bits per heavy atom. The summed E-state index contributed by atoms with van der Waals surface area (Å²) in [5.41, 5.74) is 2.18. The second-order valence-electron chi connectivity index (χ2n) is 5.98. The van der Waals surface area contributed by atoms with E-state index in [1.54, 1.807) is 16.2 Å². The number of carbonyl (C=O) groups is 1. The van der Waals surface area contributed by atoms with Crippen LogP contribution in [0, 0.1) is 0 Å². The van der Waals surface area contributed by atoms with Crippen molar-refractivity contribution in [3.8, 4) is 5.88 Å². The topological polar surface area (TPSA) is 55.3 Å². The first-order chi connectivity index (χ1) is 12.3. The minimum absolute atomic E-state index is 0.0283. The zero-order valence-corrected chi connectivity index (χ0v) is 14.9. The summed E-state index contributed by atoms with van der Waals surface area (Å²) in [6.45, 7) is 2.53. The molecule has 2 aromatic heterocycles. The van der Waals surface area contributed by atoms with E-state index in [-0.39, 0.29) is 12.5 Å². The molecular weight excluding hydrogens is 334 g/mol. The monoisotopic (exact) mass is 353 g/mol. The molecule has 0 atom stereocenters. The molecule has 0 unspecified atom stereocenters. The smallest absolute Gasteiger partial charge is 0.264 e. The van der Waals surface area contributed by atoms with Crippen molar-refractivity contribution in [3.63, 3.8) is 0 Å². The van der Waals surface area contributed by atoms with Gasteiger partial charge in [-0.05, 0) is 43.9 Å². The van der Waals surface area contributed by atoms with Gasteiger partial charge in [0.25, 0.3) is 5.91 Å². The number of aromatic nitrogens is 2. The quantitative estimate of drug-likeness (QED) is 0.703. The zero-order valence-electron chi connectivity index (χ0n) is 14.1. The number of thiophene rings is 1. The Morgan fingerprint density at radius 3 is 2.88 bits per heavy atom. The predicted molar refractivity (Wildman–Crippen MR) is 99.4 cm³/mol. The largest absolute Gasteiger partial charge is 0.467 e. The third-order valence-corrected chi connectivity index (χ3v) is 5.68. The summed E-state index contributed by atoms with van der Waals surface area (Å²) in [6, 6.07) is 9.64. The molecule has 0 spiro atoms. The molecule has 0 N–H and O–H groups in total. The van der Waals surface area contributed by atoms with Gasteiger partial charge in [0.2, 0.25) is 5.88 Å². The number of rotatable bonds is 5. The minimum atomic E-state index is -0.0765. The van der Waals surface area contributed by atoms with Gasteiger partial charge in [-0.15, -0.1) is 11.3 Å². The van der Waals surface area contributed by atoms with Gasteiger partial charge < -0.3 is 9.64 Å². The van der Waals surface area contributed by atoms with E-state index in [9.17, 15) is 4.79 Å². The van der Waals surface area contributed by atoms with Crippen molar-refractivity contribution >= 4 is 33.1 Å². The van der Waals surface area contributed by atoms with Crippen molar-refractivity contribution < 1.29 is 9.53 Å². The average molecular weight is 353 g/mol. The van der Waals surface area contributed by atoms with Crippen LogP contribution in [0.25, 0.3) is 10.2 Å². The fraction of sp³-hybridized carbons (Fsp3) is 0.316. The van der Waals surface area contributed by atoms with E-state index in [4.69, 9.17) is 4.74 Å². The molecule has 1 amide bonds. The van der Waals surface area contributed by atoms with Gasteiger partial charge in [0, 0.05) is 17.1 Å². The molecule has 0 saturated heterocycles. The molecular formula is C19H19N3O2S. The van der Waals surface area contributed by atoms with Crippen LogP contribution in [-0.2, 0) is 17.6 Å². The summed E-state index contributed by atoms with van der Waals surface area (Å²) in [4.78, 5) is 25.3. The standard InChI is InChI=1S/C19H19N3O2S/c1-2-22(13-7-4-3-5-8-13)16(23)11-24-18-17-14-9-6-10-15(14)25-19(17)21-12-20-18/h3-5,7-8,12H,2,6,9-11H2,1H3.